The summed E-state index contributed by atoms with van der Waals surface area (Å²) in [5.41, 5.74) is 6.60. The second-order valence-electron chi connectivity index (χ2n) is 9.03. The molecule has 3 unspecified atom stereocenters. The molecule has 0 spiro atoms. The second kappa shape index (κ2) is 8.54. The number of hydrogen-bond donors (Lipinski definition) is 4. The molecule has 3 fully saturated rings. The molecule has 9 heteroatoms. The van der Waals surface area contributed by atoms with Gasteiger partial charge in [-0.25, -0.2) is 14.8 Å². The number of piperidine rings is 2. The second-order valence-corrected chi connectivity index (χ2v) is 9.03. The van der Waals surface area contributed by atoms with Crippen LogP contribution in [0.3, 0.4) is 0 Å². The number of halogens is 1. The van der Waals surface area contributed by atoms with Crippen LogP contribution in [0.25, 0.3) is 10.9 Å². The minimum Gasteiger partial charge on any atom is -0.367 e. The quantitative estimate of drug-likeness (QED) is 0.544. The third-order valence-electron chi connectivity index (χ3n) is 6.83. The van der Waals surface area contributed by atoms with E-state index in [0.717, 1.165) is 32.1 Å². The van der Waals surface area contributed by atoms with Gasteiger partial charge in [-0.1, -0.05) is 6.42 Å². The summed E-state index contributed by atoms with van der Waals surface area (Å²) in [5.74, 6) is 0.454. The number of rotatable bonds is 5. The fourth-order valence-corrected chi connectivity index (χ4v) is 5.41. The van der Waals surface area contributed by atoms with Crippen LogP contribution in [0.4, 0.5) is 16.0 Å². The molecule has 2 aromatic heterocycles. The van der Waals surface area contributed by atoms with Crippen molar-refractivity contribution in [2.75, 3.05) is 17.2 Å². The maximum absolute atomic E-state index is 15.2. The summed E-state index contributed by atoms with van der Waals surface area (Å²) in [4.78, 5) is 11.3. The van der Waals surface area contributed by atoms with Crippen molar-refractivity contribution in [2.24, 2.45) is 0 Å². The Balaban J connectivity index is 1.41. The summed E-state index contributed by atoms with van der Waals surface area (Å²) in [6, 6.07) is 7.39. The first kappa shape index (κ1) is 20.4. The minimum atomic E-state index is -0.428. The van der Waals surface area contributed by atoms with E-state index in [1.54, 1.807) is 6.20 Å². The molecule has 3 saturated heterocycles. The van der Waals surface area contributed by atoms with Gasteiger partial charge in [0.15, 0.2) is 11.6 Å². The molecule has 0 radical (unpaired) electrons. The fourth-order valence-electron chi connectivity index (χ4n) is 5.41. The van der Waals surface area contributed by atoms with Crippen LogP contribution < -0.4 is 21.5 Å². The van der Waals surface area contributed by atoms with Crippen LogP contribution in [0.5, 0.6) is 0 Å². The summed E-state index contributed by atoms with van der Waals surface area (Å²) >= 11 is 0. The first-order valence-electron chi connectivity index (χ1n) is 11.2. The van der Waals surface area contributed by atoms with Crippen molar-refractivity contribution in [3.8, 4) is 6.07 Å². The van der Waals surface area contributed by atoms with Gasteiger partial charge in [0.05, 0.1) is 18.8 Å². The van der Waals surface area contributed by atoms with E-state index < -0.39 is 5.82 Å². The number of nitrogens with one attached hydrogen (secondary N) is 4. The zero-order chi connectivity index (χ0) is 21.4. The number of fused-ring (bicyclic) bond motifs is 3. The van der Waals surface area contributed by atoms with E-state index in [-0.39, 0.29) is 18.0 Å². The van der Waals surface area contributed by atoms with Crippen LogP contribution in [-0.4, -0.2) is 51.7 Å². The lowest BCUT2D eigenvalue weighted by atomic mass is 9.81. The molecule has 0 amide bonds. The zero-order valence-electron chi connectivity index (χ0n) is 17.7. The van der Waals surface area contributed by atoms with Gasteiger partial charge in [-0.3, -0.25) is 15.3 Å². The standard InChI is InChI=1S/C22H29FN8/c1-13-10-18(30-29-13)27-22-19(23)20-17(6-3-8-25-20)21(28-22)26-14-11-15-4-2-5-16(12-14)31(15)9-7-24/h3,6,8,13-16,18,29-30H,2,4-5,9-12H2,1H3,(H2,26,27,28)/t13?,14?,15-,16+,18?. The molecular formula is C22H29FN8. The number of pyridine rings is 2. The number of aromatic nitrogens is 2. The predicted octanol–water partition coefficient (Wildman–Crippen LogP) is 2.71. The molecule has 3 aliphatic rings. The van der Waals surface area contributed by atoms with Crippen molar-refractivity contribution in [1.82, 2.24) is 25.7 Å². The summed E-state index contributed by atoms with van der Waals surface area (Å²) < 4.78 is 15.2. The van der Waals surface area contributed by atoms with E-state index >= 15 is 4.39 Å². The van der Waals surface area contributed by atoms with Gasteiger partial charge in [0.2, 0.25) is 0 Å². The van der Waals surface area contributed by atoms with E-state index in [0.29, 0.717) is 41.4 Å². The Labute approximate surface area is 181 Å². The highest BCUT2D eigenvalue weighted by Crippen LogP contribution is 2.36. The van der Waals surface area contributed by atoms with Crippen molar-refractivity contribution in [3.63, 3.8) is 0 Å². The monoisotopic (exact) mass is 424 g/mol. The van der Waals surface area contributed by atoms with Crippen LogP contribution >= 0.6 is 0 Å². The molecule has 2 bridgehead atoms. The van der Waals surface area contributed by atoms with Crippen molar-refractivity contribution in [2.45, 2.75) is 75.8 Å². The van der Waals surface area contributed by atoms with Crippen LogP contribution in [0.2, 0.25) is 0 Å². The van der Waals surface area contributed by atoms with Gasteiger partial charge in [0.25, 0.3) is 0 Å². The van der Waals surface area contributed by atoms with Gasteiger partial charge in [-0.15, -0.1) is 0 Å². The number of nitrogens with zero attached hydrogens (tertiary/aromatic N) is 4. The fraction of sp³-hybridized carbons (Fsp3) is 0.591. The molecular weight excluding hydrogens is 395 g/mol. The Bertz CT molecular complexity index is 977. The highest BCUT2D eigenvalue weighted by Gasteiger charge is 2.38. The number of nitriles is 1. The van der Waals surface area contributed by atoms with Gasteiger partial charge in [0.1, 0.15) is 11.3 Å². The molecule has 0 aliphatic carbocycles. The minimum absolute atomic E-state index is 0.0976. The first-order chi connectivity index (χ1) is 15.1. The Morgan fingerprint density at radius 2 is 2.00 bits per heavy atom. The van der Waals surface area contributed by atoms with Crippen molar-refractivity contribution in [3.05, 3.63) is 24.1 Å². The third kappa shape index (κ3) is 4.03. The average molecular weight is 425 g/mol. The Morgan fingerprint density at radius 3 is 2.71 bits per heavy atom. The van der Waals surface area contributed by atoms with Gasteiger partial charge >= 0.3 is 0 Å². The summed E-state index contributed by atoms with van der Waals surface area (Å²) in [6.45, 7) is 2.57. The first-order valence-corrected chi connectivity index (χ1v) is 11.2. The Kier molecular flexibility index (Phi) is 5.61. The van der Waals surface area contributed by atoms with Crippen molar-refractivity contribution >= 4 is 22.5 Å². The van der Waals surface area contributed by atoms with Gasteiger partial charge in [-0.2, -0.15) is 5.26 Å². The number of hydrazine groups is 1. The van der Waals surface area contributed by atoms with E-state index in [2.05, 4.69) is 49.3 Å². The normalized spacial score (nSPS) is 30.8. The van der Waals surface area contributed by atoms with Crippen LogP contribution in [0.15, 0.2) is 18.3 Å². The van der Waals surface area contributed by atoms with Crippen LogP contribution in [0, 0.1) is 17.1 Å². The summed E-state index contributed by atoms with van der Waals surface area (Å²) in [5, 5.41) is 16.7. The van der Waals surface area contributed by atoms with Gasteiger partial charge in [-0.05, 0) is 51.2 Å². The molecule has 8 nitrogen and oxygen atoms in total. The van der Waals surface area contributed by atoms with E-state index in [1.807, 2.05) is 12.1 Å². The largest absolute Gasteiger partial charge is 0.367 e. The molecule has 3 aliphatic heterocycles. The summed E-state index contributed by atoms with van der Waals surface area (Å²) in [6.07, 6.45) is 7.74. The molecule has 4 N–H and O–H groups in total. The van der Waals surface area contributed by atoms with Crippen LogP contribution in [0.1, 0.15) is 45.4 Å². The molecule has 5 atom stereocenters. The smallest absolute Gasteiger partial charge is 0.191 e. The lowest BCUT2D eigenvalue weighted by Gasteiger charge is -2.48. The van der Waals surface area contributed by atoms with Crippen molar-refractivity contribution < 1.29 is 4.39 Å². The highest BCUT2D eigenvalue weighted by atomic mass is 19.1. The molecule has 5 rings (SSSR count). The van der Waals surface area contributed by atoms with Gasteiger partial charge < -0.3 is 10.6 Å². The Morgan fingerprint density at radius 1 is 1.19 bits per heavy atom. The van der Waals surface area contributed by atoms with E-state index in [4.69, 9.17) is 0 Å². The van der Waals surface area contributed by atoms with Crippen LogP contribution in [-0.2, 0) is 0 Å². The molecule has 164 valence electrons. The molecule has 0 aromatic carbocycles. The maximum atomic E-state index is 15.2. The third-order valence-corrected chi connectivity index (χ3v) is 6.83. The average Bonchev–Trinajstić information content (AvgIpc) is 3.17. The SMILES string of the molecule is CC1CC(Nc2nc(NC3C[C@H]4CCC[C@@H](C3)N4CC#N)c3cccnc3c2F)NN1. The lowest BCUT2D eigenvalue weighted by molar-refractivity contribution is 0.0476. The molecule has 5 heterocycles. The summed E-state index contributed by atoms with van der Waals surface area (Å²) in [7, 11) is 0. The lowest BCUT2D eigenvalue weighted by Crippen LogP contribution is -2.54. The Hall–Kier alpha value is -2.54. The zero-order valence-corrected chi connectivity index (χ0v) is 17.7. The van der Waals surface area contributed by atoms with Crippen molar-refractivity contribution in [1.29, 1.82) is 5.26 Å². The predicted molar refractivity (Wildman–Crippen MR) is 118 cm³/mol. The topological polar surface area (TPSA) is 101 Å². The molecule has 2 aromatic rings. The number of hydrogen-bond acceptors (Lipinski definition) is 8. The number of anilines is 2. The van der Waals surface area contributed by atoms with E-state index in [1.165, 1.54) is 6.42 Å². The van der Waals surface area contributed by atoms with Gasteiger partial charge in [0, 0.05) is 35.8 Å². The maximum Gasteiger partial charge on any atom is 0.191 e. The molecule has 0 saturated carbocycles. The molecule has 31 heavy (non-hydrogen) atoms. The van der Waals surface area contributed by atoms with E-state index in [9.17, 15) is 5.26 Å². The highest BCUT2D eigenvalue weighted by molar-refractivity contribution is 5.91.